The Labute approximate surface area is 110 Å². The summed E-state index contributed by atoms with van der Waals surface area (Å²) in [6.07, 6.45) is 1.01. The van der Waals surface area contributed by atoms with Crippen molar-refractivity contribution in [3.05, 3.63) is 28.8 Å². The van der Waals surface area contributed by atoms with Crippen LogP contribution in [0, 0.1) is 13.8 Å². The summed E-state index contributed by atoms with van der Waals surface area (Å²) < 4.78 is 5.29. The van der Waals surface area contributed by atoms with E-state index in [0.29, 0.717) is 23.9 Å². The van der Waals surface area contributed by atoms with Crippen LogP contribution in [0.15, 0.2) is 12.1 Å². The van der Waals surface area contributed by atoms with Crippen LogP contribution in [0.3, 0.4) is 0 Å². The molecule has 0 fully saturated rings. The van der Waals surface area contributed by atoms with Crippen LogP contribution in [-0.4, -0.2) is 25.5 Å². The predicted octanol–water partition coefficient (Wildman–Crippen LogP) is 2.88. The van der Waals surface area contributed by atoms with Gasteiger partial charge in [0.1, 0.15) is 5.75 Å². The van der Waals surface area contributed by atoms with Crippen molar-refractivity contribution in [2.45, 2.75) is 40.2 Å². The molecule has 1 N–H and O–H groups in total. The van der Waals surface area contributed by atoms with Crippen LogP contribution < -0.4 is 10.1 Å². The summed E-state index contributed by atoms with van der Waals surface area (Å²) in [7, 11) is 1.60. The van der Waals surface area contributed by atoms with Crippen molar-refractivity contribution in [1.29, 1.82) is 0 Å². The number of hydrogen-bond donors (Lipinski definition) is 1. The number of nitrogens with one attached hydrogen (secondary N) is 1. The molecule has 18 heavy (non-hydrogen) atoms. The Morgan fingerprint density at radius 3 is 2.50 bits per heavy atom. The van der Waals surface area contributed by atoms with Gasteiger partial charge in [-0.05, 0) is 50.5 Å². The molecule has 1 rings (SSSR count). The zero-order valence-electron chi connectivity index (χ0n) is 12.0. The fourth-order valence-corrected chi connectivity index (χ4v) is 1.68. The van der Waals surface area contributed by atoms with Gasteiger partial charge in [-0.25, -0.2) is 0 Å². The van der Waals surface area contributed by atoms with E-state index in [4.69, 9.17) is 4.74 Å². The Morgan fingerprint density at radius 1 is 1.33 bits per heavy atom. The first-order valence-corrected chi connectivity index (χ1v) is 6.41. The van der Waals surface area contributed by atoms with E-state index in [1.54, 1.807) is 7.11 Å². The number of aryl methyl sites for hydroxylation is 2. The summed E-state index contributed by atoms with van der Waals surface area (Å²) in [6.45, 7) is 8.55. The van der Waals surface area contributed by atoms with Gasteiger partial charge < -0.3 is 10.1 Å². The molecule has 1 aromatic rings. The van der Waals surface area contributed by atoms with Crippen LogP contribution in [-0.2, 0) is 0 Å². The van der Waals surface area contributed by atoms with Crippen LogP contribution in [0.2, 0.25) is 0 Å². The highest BCUT2D eigenvalue weighted by molar-refractivity contribution is 6.00. The third-order valence-electron chi connectivity index (χ3n) is 3.34. The van der Waals surface area contributed by atoms with E-state index < -0.39 is 0 Å². The number of rotatable bonds is 6. The highest BCUT2D eigenvalue weighted by Gasteiger charge is 2.14. The number of benzene rings is 1. The van der Waals surface area contributed by atoms with Gasteiger partial charge >= 0.3 is 0 Å². The lowest BCUT2D eigenvalue weighted by Crippen LogP contribution is -2.31. The average molecular weight is 249 g/mol. The molecule has 0 aliphatic carbocycles. The van der Waals surface area contributed by atoms with Gasteiger partial charge in [0.05, 0.1) is 19.2 Å². The highest BCUT2D eigenvalue weighted by Crippen LogP contribution is 2.23. The van der Waals surface area contributed by atoms with Gasteiger partial charge in [-0.2, -0.15) is 0 Å². The van der Waals surface area contributed by atoms with Crippen molar-refractivity contribution in [3.63, 3.8) is 0 Å². The molecule has 1 atom stereocenters. The Balaban J connectivity index is 2.87. The molecule has 0 aliphatic heterocycles. The number of carbonyl (C=O) groups excluding carboxylic acids is 1. The van der Waals surface area contributed by atoms with E-state index in [0.717, 1.165) is 17.5 Å². The van der Waals surface area contributed by atoms with Gasteiger partial charge in [0.2, 0.25) is 0 Å². The molecular weight excluding hydrogens is 226 g/mol. The zero-order chi connectivity index (χ0) is 13.7. The van der Waals surface area contributed by atoms with E-state index in [-0.39, 0.29) is 5.78 Å². The van der Waals surface area contributed by atoms with Crippen molar-refractivity contribution in [3.8, 4) is 5.75 Å². The van der Waals surface area contributed by atoms with Crippen molar-refractivity contribution in [2.24, 2.45) is 0 Å². The van der Waals surface area contributed by atoms with Crippen LogP contribution in [0.5, 0.6) is 5.75 Å². The fraction of sp³-hybridized carbons (Fsp3) is 0.533. The molecule has 0 aromatic heterocycles. The van der Waals surface area contributed by atoms with Crippen molar-refractivity contribution < 1.29 is 9.53 Å². The molecule has 0 aliphatic rings. The van der Waals surface area contributed by atoms with Crippen molar-refractivity contribution in [2.75, 3.05) is 13.7 Å². The molecular formula is C15H23NO2. The minimum Gasteiger partial charge on any atom is -0.496 e. The molecule has 1 unspecified atom stereocenters. The smallest absolute Gasteiger partial charge is 0.180 e. The second-order valence-corrected chi connectivity index (χ2v) is 4.75. The van der Waals surface area contributed by atoms with Gasteiger partial charge in [0, 0.05) is 6.04 Å². The van der Waals surface area contributed by atoms with E-state index >= 15 is 0 Å². The van der Waals surface area contributed by atoms with Gasteiger partial charge in [-0.1, -0.05) is 6.92 Å². The quantitative estimate of drug-likeness (QED) is 0.788. The van der Waals surface area contributed by atoms with Crippen LogP contribution in [0.25, 0.3) is 0 Å². The number of hydrogen-bond acceptors (Lipinski definition) is 3. The number of ketones is 1. The number of Topliss-reactive ketones (excluding diaryl/α,β-unsaturated/α-hetero) is 1. The monoisotopic (exact) mass is 249 g/mol. The number of carbonyl (C=O) groups is 1. The van der Waals surface area contributed by atoms with E-state index in [2.05, 4.69) is 19.2 Å². The molecule has 3 nitrogen and oxygen atoms in total. The lowest BCUT2D eigenvalue weighted by molar-refractivity contribution is 0.0984. The first-order valence-electron chi connectivity index (χ1n) is 6.41. The second-order valence-electron chi connectivity index (χ2n) is 4.75. The van der Waals surface area contributed by atoms with E-state index in [1.165, 1.54) is 0 Å². The molecule has 100 valence electrons. The predicted molar refractivity (Wildman–Crippen MR) is 74.6 cm³/mol. The third-order valence-corrected chi connectivity index (χ3v) is 3.34. The van der Waals surface area contributed by atoms with Crippen LogP contribution in [0.4, 0.5) is 0 Å². The molecule has 0 saturated heterocycles. The summed E-state index contributed by atoms with van der Waals surface area (Å²) >= 11 is 0. The van der Waals surface area contributed by atoms with Crippen molar-refractivity contribution >= 4 is 5.78 Å². The Hall–Kier alpha value is -1.35. The van der Waals surface area contributed by atoms with Gasteiger partial charge in [0.15, 0.2) is 5.78 Å². The molecule has 0 amide bonds. The van der Waals surface area contributed by atoms with Gasteiger partial charge in [-0.3, -0.25) is 4.79 Å². The highest BCUT2D eigenvalue weighted by atomic mass is 16.5. The Morgan fingerprint density at radius 2 is 1.94 bits per heavy atom. The molecule has 1 aromatic carbocycles. The minimum absolute atomic E-state index is 0.0789. The maximum atomic E-state index is 12.2. The zero-order valence-corrected chi connectivity index (χ0v) is 12.0. The first-order chi connectivity index (χ1) is 8.49. The second kappa shape index (κ2) is 6.55. The standard InChI is InChI=1S/C15H23NO2/c1-6-12(4)16-9-14(17)13-7-10(2)11(3)8-15(13)18-5/h7-8,12,16H,6,9H2,1-5H3. The number of ether oxygens (including phenoxy) is 1. The molecule has 0 radical (unpaired) electrons. The number of methoxy groups -OCH3 is 1. The lowest BCUT2D eigenvalue weighted by atomic mass is 10.0. The summed E-state index contributed by atoms with van der Waals surface area (Å²) in [6, 6.07) is 4.19. The summed E-state index contributed by atoms with van der Waals surface area (Å²) in [5.74, 6) is 0.740. The minimum atomic E-state index is 0.0789. The summed E-state index contributed by atoms with van der Waals surface area (Å²) in [5.41, 5.74) is 2.91. The maximum absolute atomic E-state index is 12.2. The molecule has 3 heteroatoms. The largest absolute Gasteiger partial charge is 0.496 e. The summed E-state index contributed by atoms with van der Waals surface area (Å²) in [5, 5.41) is 3.21. The van der Waals surface area contributed by atoms with Gasteiger partial charge in [-0.15, -0.1) is 0 Å². The van der Waals surface area contributed by atoms with Crippen molar-refractivity contribution in [1.82, 2.24) is 5.32 Å². The van der Waals surface area contributed by atoms with E-state index in [1.807, 2.05) is 26.0 Å². The SMILES string of the molecule is CCC(C)NCC(=O)c1cc(C)c(C)cc1OC. The normalized spacial score (nSPS) is 12.3. The average Bonchev–Trinajstić information content (AvgIpc) is 2.37. The van der Waals surface area contributed by atoms with Crippen LogP contribution in [0.1, 0.15) is 41.8 Å². The Kier molecular flexibility index (Phi) is 5.35. The lowest BCUT2D eigenvalue weighted by Gasteiger charge is -2.13. The first kappa shape index (κ1) is 14.7. The maximum Gasteiger partial charge on any atom is 0.180 e. The van der Waals surface area contributed by atoms with Gasteiger partial charge in [0.25, 0.3) is 0 Å². The summed E-state index contributed by atoms with van der Waals surface area (Å²) in [4.78, 5) is 12.2. The third kappa shape index (κ3) is 3.57. The van der Waals surface area contributed by atoms with Crippen LogP contribution >= 0.6 is 0 Å². The molecule has 0 bridgehead atoms. The topological polar surface area (TPSA) is 38.3 Å². The molecule has 0 spiro atoms. The Bertz CT molecular complexity index is 427. The van der Waals surface area contributed by atoms with E-state index in [9.17, 15) is 4.79 Å². The molecule has 0 heterocycles. The fourth-order valence-electron chi connectivity index (χ4n) is 1.68. The molecule has 0 saturated carbocycles.